The Morgan fingerprint density at radius 3 is 2.65 bits per heavy atom. The van der Waals surface area contributed by atoms with Gasteiger partial charge in [0.2, 0.25) is 10.0 Å². The molecule has 0 aromatic heterocycles. The first kappa shape index (κ1) is 16.9. The number of nitrogens with two attached hydrogens (primary N) is 1. The molecular formula is C11H15BrFN3O3S. The molecule has 1 atom stereocenters. The third-order valence-corrected chi connectivity index (χ3v) is 5.05. The van der Waals surface area contributed by atoms with Crippen LogP contribution in [0.25, 0.3) is 0 Å². The van der Waals surface area contributed by atoms with Crippen molar-refractivity contribution in [2.24, 2.45) is 10.9 Å². The maximum Gasteiger partial charge on any atom is 0.244 e. The van der Waals surface area contributed by atoms with E-state index in [0.29, 0.717) is 4.47 Å². The van der Waals surface area contributed by atoms with Crippen LogP contribution in [0.4, 0.5) is 4.39 Å². The van der Waals surface area contributed by atoms with E-state index in [1.54, 1.807) is 6.92 Å². The third-order valence-electron chi connectivity index (χ3n) is 2.92. The van der Waals surface area contributed by atoms with E-state index in [2.05, 4.69) is 25.8 Å². The summed E-state index contributed by atoms with van der Waals surface area (Å²) in [6.07, 6.45) is 0.222. The standard InChI is InChI=1S/C11H15BrFN3O3S/c1-3-11(2,10(14)15-17)16-20(18,19)9-5-4-7(12)6-8(9)13/h4-6,16-17H,3H2,1-2H3,(H2,14,15). The van der Waals surface area contributed by atoms with Gasteiger partial charge in [-0.3, -0.25) is 0 Å². The molecule has 0 heterocycles. The quantitative estimate of drug-likeness (QED) is 0.319. The molecule has 0 fully saturated rings. The summed E-state index contributed by atoms with van der Waals surface area (Å²) in [5.41, 5.74) is 4.17. The minimum atomic E-state index is -4.15. The van der Waals surface area contributed by atoms with Gasteiger partial charge in [-0.05, 0) is 31.5 Å². The molecule has 20 heavy (non-hydrogen) atoms. The van der Waals surface area contributed by atoms with Crippen LogP contribution in [-0.2, 0) is 10.0 Å². The summed E-state index contributed by atoms with van der Waals surface area (Å²) in [6.45, 7) is 3.09. The number of sulfonamides is 1. The molecule has 1 rings (SSSR count). The van der Waals surface area contributed by atoms with E-state index in [1.807, 2.05) is 0 Å². The summed E-state index contributed by atoms with van der Waals surface area (Å²) in [7, 11) is -4.15. The van der Waals surface area contributed by atoms with E-state index in [0.717, 1.165) is 12.1 Å². The van der Waals surface area contributed by atoms with Gasteiger partial charge in [0, 0.05) is 4.47 Å². The molecule has 4 N–H and O–H groups in total. The van der Waals surface area contributed by atoms with E-state index < -0.39 is 26.3 Å². The van der Waals surface area contributed by atoms with Crippen molar-refractivity contribution in [2.75, 3.05) is 0 Å². The number of oxime groups is 1. The SMILES string of the molecule is CCC(C)(NS(=O)(=O)c1ccc(Br)cc1F)/C(N)=N/O. The third kappa shape index (κ3) is 3.47. The highest BCUT2D eigenvalue weighted by Gasteiger charge is 2.34. The molecule has 0 aliphatic rings. The number of halogens is 2. The summed E-state index contributed by atoms with van der Waals surface area (Å²) in [6, 6.07) is 3.58. The lowest BCUT2D eigenvalue weighted by Crippen LogP contribution is -2.54. The lowest BCUT2D eigenvalue weighted by molar-refractivity contribution is 0.310. The number of rotatable bonds is 5. The first-order valence-corrected chi connectivity index (χ1v) is 7.91. The molecule has 0 aliphatic heterocycles. The van der Waals surface area contributed by atoms with Gasteiger partial charge in [-0.2, -0.15) is 4.72 Å². The Morgan fingerprint density at radius 2 is 2.20 bits per heavy atom. The normalized spacial score (nSPS) is 15.9. The van der Waals surface area contributed by atoms with Crippen molar-refractivity contribution < 1.29 is 18.0 Å². The summed E-state index contributed by atoms with van der Waals surface area (Å²) in [5.74, 6) is -1.20. The van der Waals surface area contributed by atoms with Crippen LogP contribution in [0.15, 0.2) is 32.7 Å². The number of nitrogens with one attached hydrogen (secondary N) is 1. The van der Waals surface area contributed by atoms with Crippen molar-refractivity contribution in [3.05, 3.63) is 28.5 Å². The second-order valence-corrected chi connectivity index (χ2v) is 6.92. The molecule has 0 saturated carbocycles. The fraction of sp³-hybridized carbons (Fsp3) is 0.364. The summed E-state index contributed by atoms with van der Waals surface area (Å²) < 4.78 is 40.8. The van der Waals surface area contributed by atoms with E-state index in [1.165, 1.54) is 13.0 Å². The Balaban J connectivity index is 3.24. The first-order chi connectivity index (χ1) is 9.16. The molecule has 0 bridgehead atoms. The number of hydrogen-bond acceptors (Lipinski definition) is 4. The average Bonchev–Trinajstić information content (AvgIpc) is 2.36. The zero-order valence-corrected chi connectivity index (χ0v) is 13.3. The van der Waals surface area contributed by atoms with Crippen LogP contribution in [0.1, 0.15) is 20.3 Å². The predicted octanol–water partition coefficient (Wildman–Crippen LogP) is 1.78. The Bertz CT molecular complexity index is 636. The number of hydrogen-bond donors (Lipinski definition) is 3. The Labute approximate surface area is 125 Å². The molecule has 0 radical (unpaired) electrons. The van der Waals surface area contributed by atoms with E-state index in [9.17, 15) is 12.8 Å². The molecule has 112 valence electrons. The summed E-state index contributed by atoms with van der Waals surface area (Å²) in [5, 5.41) is 11.5. The molecule has 0 aliphatic carbocycles. The molecule has 6 nitrogen and oxygen atoms in total. The van der Waals surface area contributed by atoms with Gasteiger partial charge in [0.15, 0.2) is 5.84 Å². The molecular weight excluding hydrogens is 353 g/mol. The lowest BCUT2D eigenvalue weighted by atomic mass is 10.00. The molecule has 0 saturated heterocycles. The zero-order chi connectivity index (χ0) is 15.6. The highest BCUT2D eigenvalue weighted by atomic mass is 79.9. The second kappa shape index (κ2) is 6.06. The van der Waals surface area contributed by atoms with Crippen molar-refractivity contribution in [3.8, 4) is 0 Å². The van der Waals surface area contributed by atoms with Gasteiger partial charge in [0.05, 0.1) is 5.54 Å². The van der Waals surface area contributed by atoms with Gasteiger partial charge in [-0.25, -0.2) is 12.8 Å². The maximum atomic E-state index is 13.7. The molecule has 0 spiro atoms. The van der Waals surface area contributed by atoms with Crippen molar-refractivity contribution in [2.45, 2.75) is 30.7 Å². The van der Waals surface area contributed by atoms with Gasteiger partial charge in [-0.15, -0.1) is 0 Å². The minimum absolute atomic E-state index is 0.222. The van der Waals surface area contributed by atoms with Crippen LogP contribution in [0, 0.1) is 5.82 Å². The zero-order valence-electron chi connectivity index (χ0n) is 10.9. The van der Waals surface area contributed by atoms with Crippen LogP contribution in [-0.4, -0.2) is 25.0 Å². The van der Waals surface area contributed by atoms with Crippen LogP contribution in [0.2, 0.25) is 0 Å². The highest BCUT2D eigenvalue weighted by molar-refractivity contribution is 9.10. The summed E-state index contributed by atoms with van der Waals surface area (Å²) in [4.78, 5) is -0.508. The molecule has 1 aromatic rings. The van der Waals surface area contributed by atoms with Crippen LogP contribution < -0.4 is 10.5 Å². The fourth-order valence-corrected chi connectivity index (χ4v) is 3.31. The fourth-order valence-electron chi connectivity index (χ4n) is 1.46. The number of amidine groups is 1. The first-order valence-electron chi connectivity index (χ1n) is 5.63. The van der Waals surface area contributed by atoms with Crippen molar-refractivity contribution in [1.82, 2.24) is 4.72 Å². The Hall–Kier alpha value is -1.19. The van der Waals surface area contributed by atoms with Crippen molar-refractivity contribution in [1.29, 1.82) is 0 Å². The molecule has 1 aromatic carbocycles. The van der Waals surface area contributed by atoms with E-state index >= 15 is 0 Å². The molecule has 1 unspecified atom stereocenters. The van der Waals surface area contributed by atoms with Crippen molar-refractivity contribution in [3.63, 3.8) is 0 Å². The predicted molar refractivity (Wildman–Crippen MR) is 76.5 cm³/mol. The smallest absolute Gasteiger partial charge is 0.244 e. The lowest BCUT2D eigenvalue weighted by Gasteiger charge is -2.27. The van der Waals surface area contributed by atoms with Gasteiger partial charge >= 0.3 is 0 Å². The maximum absolute atomic E-state index is 13.7. The van der Waals surface area contributed by atoms with Crippen LogP contribution >= 0.6 is 15.9 Å². The van der Waals surface area contributed by atoms with Gasteiger partial charge in [-0.1, -0.05) is 28.0 Å². The monoisotopic (exact) mass is 367 g/mol. The van der Waals surface area contributed by atoms with Crippen LogP contribution in [0.5, 0.6) is 0 Å². The number of nitrogens with zero attached hydrogens (tertiary/aromatic N) is 1. The number of benzene rings is 1. The Morgan fingerprint density at radius 1 is 1.60 bits per heavy atom. The molecule has 0 amide bonds. The Kier molecular flexibility index (Phi) is 5.11. The molecule has 9 heteroatoms. The minimum Gasteiger partial charge on any atom is -0.409 e. The largest absolute Gasteiger partial charge is 0.409 e. The average molecular weight is 368 g/mol. The highest BCUT2D eigenvalue weighted by Crippen LogP contribution is 2.22. The van der Waals surface area contributed by atoms with Gasteiger partial charge in [0.1, 0.15) is 10.7 Å². The summed E-state index contributed by atoms with van der Waals surface area (Å²) >= 11 is 3.05. The topological polar surface area (TPSA) is 105 Å². The van der Waals surface area contributed by atoms with Gasteiger partial charge in [0.25, 0.3) is 0 Å². The van der Waals surface area contributed by atoms with Crippen molar-refractivity contribution >= 4 is 31.8 Å². The van der Waals surface area contributed by atoms with Gasteiger partial charge < -0.3 is 10.9 Å². The second-order valence-electron chi connectivity index (χ2n) is 4.35. The van der Waals surface area contributed by atoms with Crippen LogP contribution in [0.3, 0.4) is 0 Å². The van der Waals surface area contributed by atoms with E-state index in [-0.39, 0.29) is 12.3 Å². The van der Waals surface area contributed by atoms with E-state index in [4.69, 9.17) is 10.9 Å².